The van der Waals surface area contributed by atoms with Gasteiger partial charge in [0.2, 0.25) is 0 Å². The van der Waals surface area contributed by atoms with Gasteiger partial charge in [-0.3, -0.25) is 0 Å². The number of likely N-dealkylation sites (tertiary alicyclic amines) is 1. The van der Waals surface area contributed by atoms with Crippen molar-refractivity contribution < 1.29 is 23.9 Å². The first-order valence-electron chi connectivity index (χ1n) is 12.3. The van der Waals surface area contributed by atoms with E-state index in [-0.39, 0.29) is 18.2 Å². The van der Waals surface area contributed by atoms with Crippen LogP contribution in [0, 0.1) is 0 Å². The Labute approximate surface area is 221 Å². The number of rotatable bonds is 2. The van der Waals surface area contributed by atoms with Crippen LogP contribution in [0.15, 0.2) is 24.5 Å². The van der Waals surface area contributed by atoms with Crippen LogP contribution in [-0.2, 0) is 22.6 Å². The highest BCUT2D eigenvalue weighted by Gasteiger charge is 2.37. The van der Waals surface area contributed by atoms with Gasteiger partial charge >= 0.3 is 18.2 Å². The molecule has 11 heteroatoms. The maximum absolute atomic E-state index is 13.1. The summed E-state index contributed by atoms with van der Waals surface area (Å²) in [7, 11) is 0. The van der Waals surface area contributed by atoms with E-state index in [1.807, 2.05) is 32.9 Å². The number of fused-ring (bicyclic) bond motifs is 1. The highest BCUT2D eigenvalue weighted by molar-refractivity contribution is 6.30. The van der Waals surface area contributed by atoms with Crippen molar-refractivity contribution in [3.05, 3.63) is 46.2 Å². The predicted molar refractivity (Wildman–Crippen MR) is 138 cm³/mol. The average molecular weight is 532 g/mol. The number of ether oxygens (including phenoxy) is 2. The third kappa shape index (κ3) is 6.36. The van der Waals surface area contributed by atoms with Crippen molar-refractivity contribution in [1.29, 1.82) is 0 Å². The van der Waals surface area contributed by atoms with Crippen molar-refractivity contribution in [3.63, 3.8) is 0 Å². The van der Waals surface area contributed by atoms with Gasteiger partial charge in [-0.25, -0.2) is 14.4 Å². The zero-order valence-electron chi connectivity index (χ0n) is 22.1. The summed E-state index contributed by atoms with van der Waals surface area (Å²) in [6.45, 7) is 12.2. The van der Waals surface area contributed by atoms with Crippen LogP contribution in [0.25, 0.3) is 0 Å². The lowest BCUT2D eigenvalue weighted by atomic mass is 9.96. The molecule has 10 nitrogen and oxygen atoms in total. The van der Waals surface area contributed by atoms with Gasteiger partial charge in [-0.05, 0) is 83.2 Å². The van der Waals surface area contributed by atoms with Crippen molar-refractivity contribution in [2.45, 2.75) is 84.7 Å². The molecule has 1 saturated heterocycles. The molecule has 1 aromatic heterocycles. The number of nitrogens with zero attached hydrogens (tertiary/aromatic N) is 4. The molecule has 1 atom stereocenters. The molecule has 2 aromatic rings. The van der Waals surface area contributed by atoms with Gasteiger partial charge in [-0.2, -0.15) is 9.78 Å². The molecule has 37 heavy (non-hydrogen) atoms. The summed E-state index contributed by atoms with van der Waals surface area (Å²) in [5.41, 5.74) is 2.00. The third-order valence-corrected chi connectivity index (χ3v) is 6.21. The second-order valence-electron chi connectivity index (χ2n) is 11.4. The number of anilines is 1. The van der Waals surface area contributed by atoms with Gasteiger partial charge in [0.1, 0.15) is 11.2 Å². The number of nitrogens with one attached hydrogen (secondary N) is 1. The molecule has 0 unspecified atom stereocenters. The maximum atomic E-state index is 13.1. The zero-order chi connectivity index (χ0) is 27.1. The Bertz CT molecular complexity index is 1210. The number of halogens is 1. The number of amides is 3. The van der Waals surface area contributed by atoms with Crippen molar-refractivity contribution in [2.24, 2.45) is 0 Å². The van der Waals surface area contributed by atoms with E-state index in [2.05, 4.69) is 10.4 Å². The molecule has 4 rings (SSSR count). The molecule has 1 N–H and O–H groups in total. The molecule has 1 aromatic carbocycles. The molecule has 0 bridgehead atoms. The number of hydrogen-bond donors (Lipinski definition) is 1. The monoisotopic (exact) mass is 531 g/mol. The first kappa shape index (κ1) is 26.8. The average Bonchev–Trinajstić information content (AvgIpc) is 3.49. The molecule has 3 amide bonds. The standard InChI is InChI=1S/C26H34ClN5O5/c1-25(2,3)36-23(34)31-9-7-8-21(31)19-11-17(27)10-16-13-30(15-20(16)19)22(33)29-18-12-28-32(14-18)24(35)37-26(4,5)6/h10-12,14,21H,7-9,13,15H2,1-6H3,(H,29,33)/t21-/m0/s1. The zero-order valence-corrected chi connectivity index (χ0v) is 22.9. The Morgan fingerprint density at radius 1 is 1.03 bits per heavy atom. The highest BCUT2D eigenvalue weighted by atomic mass is 35.5. The normalized spacial score (nSPS) is 17.5. The van der Waals surface area contributed by atoms with E-state index in [1.54, 1.807) is 30.6 Å². The smallest absolute Gasteiger partial charge is 0.435 e. The van der Waals surface area contributed by atoms with Gasteiger partial charge in [0, 0.05) is 24.7 Å². The van der Waals surface area contributed by atoms with Crippen molar-refractivity contribution in [2.75, 3.05) is 11.9 Å². The number of benzene rings is 1. The van der Waals surface area contributed by atoms with E-state index in [1.165, 1.54) is 12.4 Å². The minimum Gasteiger partial charge on any atom is -0.444 e. The molecule has 0 spiro atoms. The van der Waals surface area contributed by atoms with E-state index in [9.17, 15) is 14.4 Å². The molecular weight excluding hydrogens is 498 g/mol. The summed E-state index contributed by atoms with van der Waals surface area (Å²) in [5.74, 6) is 0. The number of urea groups is 1. The summed E-state index contributed by atoms with van der Waals surface area (Å²) >= 11 is 6.47. The summed E-state index contributed by atoms with van der Waals surface area (Å²) < 4.78 is 12.0. The van der Waals surface area contributed by atoms with E-state index in [0.29, 0.717) is 30.3 Å². The Balaban J connectivity index is 1.48. The van der Waals surface area contributed by atoms with Crippen LogP contribution >= 0.6 is 11.6 Å². The first-order chi connectivity index (χ1) is 17.2. The first-order valence-corrected chi connectivity index (χ1v) is 12.7. The van der Waals surface area contributed by atoms with Crippen LogP contribution in [0.3, 0.4) is 0 Å². The molecule has 2 aliphatic heterocycles. The van der Waals surface area contributed by atoms with Gasteiger partial charge in [-0.1, -0.05) is 11.6 Å². The lowest BCUT2D eigenvalue weighted by molar-refractivity contribution is 0.0223. The van der Waals surface area contributed by atoms with Gasteiger partial charge < -0.3 is 24.6 Å². The summed E-state index contributed by atoms with van der Waals surface area (Å²) in [4.78, 5) is 41.6. The molecule has 0 radical (unpaired) electrons. The summed E-state index contributed by atoms with van der Waals surface area (Å²) in [6.07, 6.45) is 3.48. The minimum absolute atomic E-state index is 0.169. The van der Waals surface area contributed by atoms with Gasteiger partial charge in [-0.15, -0.1) is 0 Å². The summed E-state index contributed by atoms with van der Waals surface area (Å²) in [6, 6.07) is 3.25. The molecule has 200 valence electrons. The van der Waals surface area contributed by atoms with Crippen molar-refractivity contribution in [3.8, 4) is 0 Å². The molecule has 2 aliphatic rings. The van der Waals surface area contributed by atoms with Crippen LogP contribution in [0.2, 0.25) is 5.02 Å². The number of carbonyl (C=O) groups excluding carboxylic acids is 3. The lowest BCUT2D eigenvalue weighted by Crippen LogP contribution is -2.36. The molecule has 3 heterocycles. The van der Waals surface area contributed by atoms with Gasteiger partial charge in [0.05, 0.1) is 24.1 Å². The molecule has 1 fully saturated rings. The third-order valence-electron chi connectivity index (χ3n) is 5.99. The van der Waals surface area contributed by atoms with Crippen molar-refractivity contribution in [1.82, 2.24) is 19.6 Å². The van der Waals surface area contributed by atoms with E-state index in [0.717, 1.165) is 34.2 Å². The second kappa shape index (κ2) is 9.89. The maximum Gasteiger partial charge on any atom is 0.435 e. The molecule has 0 aliphatic carbocycles. The fraction of sp³-hybridized carbons (Fsp3) is 0.538. The minimum atomic E-state index is -0.662. The number of hydrogen-bond acceptors (Lipinski definition) is 6. The largest absolute Gasteiger partial charge is 0.444 e. The quantitative estimate of drug-likeness (QED) is 0.514. The Kier molecular flexibility index (Phi) is 7.16. The van der Waals surface area contributed by atoms with E-state index < -0.39 is 17.3 Å². The predicted octanol–water partition coefficient (Wildman–Crippen LogP) is 5.94. The Morgan fingerprint density at radius 2 is 1.70 bits per heavy atom. The van der Waals surface area contributed by atoms with Crippen molar-refractivity contribution >= 4 is 35.5 Å². The van der Waals surface area contributed by atoms with Crippen LogP contribution in [-0.4, -0.2) is 55.5 Å². The topological polar surface area (TPSA) is 106 Å². The van der Waals surface area contributed by atoms with Crippen LogP contribution in [0.1, 0.15) is 77.1 Å². The van der Waals surface area contributed by atoms with E-state index in [4.69, 9.17) is 21.1 Å². The number of carbonyl (C=O) groups is 3. The second-order valence-corrected chi connectivity index (χ2v) is 11.8. The lowest BCUT2D eigenvalue weighted by Gasteiger charge is -2.30. The van der Waals surface area contributed by atoms with Crippen LogP contribution in [0.5, 0.6) is 0 Å². The Hall–Kier alpha value is -3.27. The highest BCUT2D eigenvalue weighted by Crippen LogP contribution is 2.40. The summed E-state index contributed by atoms with van der Waals surface area (Å²) in [5, 5.41) is 7.34. The fourth-order valence-electron chi connectivity index (χ4n) is 4.57. The number of aromatic nitrogens is 2. The fourth-order valence-corrected chi connectivity index (χ4v) is 4.82. The Morgan fingerprint density at radius 3 is 2.38 bits per heavy atom. The van der Waals surface area contributed by atoms with Crippen LogP contribution in [0.4, 0.5) is 20.1 Å². The SMILES string of the molecule is CC(C)(C)OC(=O)N1CCC[C@H]1c1cc(Cl)cc2c1CN(C(=O)Nc1cnn(C(=O)OC(C)(C)C)c1)C2. The van der Waals surface area contributed by atoms with Gasteiger partial charge in [0.25, 0.3) is 0 Å². The molecular formula is C26H34ClN5O5. The molecule has 0 saturated carbocycles. The van der Waals surface area contributed by atoms with Gasteiger partial charge in [0.15, 0.2) is 0 Å². The van der Waals surface area contributed by atoms with Crippen LogP contribution < -0.4 is 5.32 Å². The van der Waals surface area contributed by atoms with E-state index >= 15 is 0 Å².